The van der Waals surface area contributed by atoms with Crippen LogP contribution in [0.1, 0.15) is 44.4 Å². The predicted octanol–water partition coefficient (Wildman–Crippen LogP) is 3.04. The van der Waals surface area contributed by atoms with Gasteiger partial charge in [-0.25, -0.2) is 9.59 Å². The number of hydrogen-bond donors (Lipinski definition) is 0. The number of carbonyl (C=O) groups is 2. The van der Waals surface area contributed by atoms with Gasteiger partial charge in [0.25, 0.3) is 0 Å². The molecule has 1 fully saturated rings. The van der Waals surface area contributed by atoms with E-state index in [-0.39, 0.29) is 18.1 Å². The molecule has 0 aliphatic carbocycles. The van der Waals surface area contributed by atoms with Gasteiger partial charge in [-0.05, 0) is 44.7 Å². The highest BCUT2D eigenvalue weighted by atomic mass is 16.6. The van der Waals surface area contributed by atoms with Gasteiger partial charge < -0.3 is 14.4 Å². The molecule has 0 spiro atoms. The number of methoxy groups -OCH3 is 1. The lowest BCUT2D eigenvalue weighted by molar-refractivity contribution is -0.134. The first-order valence-corrected chi connectivity index (χ1v) is 7.98. The SMILES string of the molecule is COC(=O)/C=C/Cc1cncc([C@@H]2CCN2C(=O)OC(C)(C)C)c1. The van der Waals surface area contributed by atoms with Crippen LogP contribution in [0.4, 0.5) is 4.79 Å². The van der Waals surface area contributed by atoms with Crippen LogP contribution in [0.5, 0.6) is 0 Å². The summed E-state index contributed by atoms with van der Waals surface area (Å²) < 4.78 is 9.99. The van der Waals surface area contributed by atoms with E-state index in [0.717, 1.165) is 17.5 Å². The van der Waals surface area contributed by atoms with Gasteiger partial charge in [0.1, 0.15) is 5.60 Å². The Kier molecular flexibility index (Phi) is 5.59. The molecule has 24 heavy (non-hydrogen) atoms. The molecule has 6 heteroatoms. The molecule has 130 valence electrons. The summed E-state index contributed by atoms with van der Waals surface area (Å²) in [6.07, 6.45) is 7.82. The average molecular weight is 332 g/mol. The van der Waals surface area contributed by atoms with E-state index in [2.05, 4.69) is 9.72 Å². The van der Waals surface area contributed by atoms with E-state index in [9.17, 15) is 9.59 Å². The number of likely N-dealkylation sites (tertiary alicyclic amines) is 1. The number of allylic oxidation sites excluding steroid dienone is 1. The molecule has 1 amide bonds. The highest BCUT2D eigenvalue weighted by molar-refractivity contribution is 5.81. The zero-order valence-electron chi connectivity index (χ0n) is 14.6. The fourth-order valence-corrected chi connectivity index (χ4v) is 2.43. The fraction of sp³-hybridized carbons (Fsp3) is 0.500. The van der Waals surface area contributed by atoms with Gasteiger partial charge in [0.2, 0.25) is 0 Å². The molecule has 0 saturated carbocycles. The Bertz CT molecular complexity index is 634. The Balaban J connectivity index is 2.02. The van der Waals surface area contributed by atoms with Crippen LogP contribution in [0.25, 0.3) is 0 Å². The standard InChI is InChI=1S/C18H24N2O4/c1-18(2,3)24-17(22)20-9-8-15(20)14-10-13(11-19-12-14)6-5-7-16(21)23-4/h5,7,10-12,15H,6,8-9H2,1-4H3/b7-5+/t15-/m0/s1. The Morgan fingerprint density at radius 3 is 2.71 bits per heavy atom. The van der Waals surface area contributed by atoms with Crippen molar-refractivity contribution < 1.29 is 19.1 Å². The van der Waals surface area contributed by atoms with Crippen molar-refractivity contribution in [3.63, 3.8) is 0 Å². The van der Waals surface area contributed by atoms with Crippen LogP contribution in [-0.4, -0.2) is 41.2 Å². The quantitative estimate of drug-likeness (QED) is 0.626. The second-order valence-electron chi connectivity index (χ2n) is 6.73. The first-order valence-electron chi connectivity index (χ1n) is 7.98. The number of carbonyl (C=O) groups excluding carboxylic acids is 2. The van der Waals surface area contributed by atoms with E-state index in [1.165, 1.54) is 13.2 Å². The lowest BCUT2D eigenvalue weighted by atomic mass is 9.95. The second kappa shape index (κ2) is 7.47. The zero-order chi connectivity index (χ0) is 17.7. The Morgan fingerprint density at radius 2 is 2.12 bits per heavy atom. The maximum Gasteiger partial charge on any atom is 0.410 e. The van der Waals surface area contributed by atoms with Crippen LogP contribution in [-0.2, 0) is 20.7 Å². The monoisotopic (exact) mass is 332 g/mol. The fourth-order valence-electron chi connectivity index (χ4n) is 2.43. The molecule has 2 rings (SSSR count). The minimum absolute atomic E-state index is 0.00288. The molecule has 0 N–H and O–H groups in total. The van der Waals surface area contributed by atoms with Gasteiger partial charge >= 0.3 is 12.1 Å². The third-order valence-electron chi connectivity index (χ3n) is 3.66. The van der Waals surface area contributed by atoms with Gasteiger partial charge in [-0.2, -0.15) is 0 Å². The number of esters is 1. The molecule has 1 saturated heterocycles. The van der Waals surface area contributed by atoms with E-state index >= 15 is 0 Å². The first kappa shape index (κ1) is 18.0. The normalized spacial score (nSPS) is 17.5. The number of ether oxygens (including phenoxy) is 2. The van der Waals surface area contributed by atoms with Crippen molar-refractivity contribution in [2.45, 2.75) is 45.3 Å². The third-order valence-corrected chi connectivity index (χ3v) is 3.66. The Morgan fingerprint density at radius 1 is 1.38 bits per heavy atom. The summed E-state index contributed by atoms with van der Waals surface area (Å²) in [6.45, 7) is 6.26. The van der Waals surface area contributed by atoms with Crippen LogP contribution >= 0.6 is 0 Å². The molecule has 0 unspecified atom stereocenters. The first-order chi connectivity index (χ1) is 11.3. The minimum atomic E-state index is -0.504. The number of aromatic nitrogens is 1. The van der Waals surface area contributed by atoms with E-state index in [1.54, 1.807) is 23.4 Å². The smallest absolute Gasteiger partial charge is 0.410 e. The van der Waals surface area contributed by atoms with Gasteiger partial charge in [0.15, 0.2) is 0 Å². The lowest BCUT2D eigenvalue weighted by Gasteiger charge is -2.41. The molecule has 1 aliphatic rings. The van der Waals surface area contributed by atoms with Gasteiger partial charge in [-0.15, -0.1) is 0 Å². The van der Waals surface area contributed by atoms with Crippen molar-refractivity contribution in [1.82, 2.24) is 9.88 Å². The van der Waals surface area contributed by atoms with Crippen LogP contribution in [0, 0.1) is 0 Å². The number of pyridine rings is 1. The van der Waals surface area contributed by atoms with Gasteiger partial charge in [0.05, 0.1) is 13.2 Å². The largest absolute Gasteiger partial charge is 0.466 e. The van der Waals surface area contributed by atoms with Gasteiger partial charge in [0, 0.05) is 25.0 Å². The minimum Gasteiger partial charge on any atom is -0.466 e. The topological polar surface area (TPSA) is 68.7 Å². The summed E-state index contributed by atoms with van der Waals surface area (Å²) in [5.74, 6) is -0.380. The molecule has 1 aromatic heterocycles. The second-order valence-corrected chi connectivity index (χ2v) is 6.73. The highest BCUT2D eigenvalue weighted by Crippen LogP contribution is 2.34. The summed E-state index contributed by atoms with van der Waals surface area (Å²) in [7, 11) is 1.34. The van der Waals surface area contributed by atoms with Crippen LogP contribution in [0.15, 0.2) is 30.6 Å². The van der Waals surface area contributed by atoms with Crippen molar-refractivity contribution in [2.75, 3.05) is 13.7 Å². The Labute approximate surface area is 142 Å². The molecular weight excluding hydrogens is 308 g/mol. The molecule has 1 aliphatic heterocycles. The average Bonchev–Trinajstić information content (AvgIpc) is 2.44. The number of amides is 1. The number of nitrogens with zero attached hydrogens (tertiary/aromatic N) is 2. The molecule has 6 nitrogen and oxygen atoms in total. The van der Waals surface area contributed by atoms with Crippen molar-refractivity contribution in [2.24, 2.45) is 0 Å². The number of hydrogen-bond acceptors (Lipinski definition) is 5. The molecule has 0 radical (unpaired) electrons. The van der Waals surface area contributed by atoms with Crippen molar-refractivity contribution in [3.05, 3.63) is 41.7 Å². The van der Waals surface area contributed by atoms with Crippen molar-refractivity contribution in [3.8, 4) is 0 Å². The van der Waals surface area contributed by atoms with Crippen molar-refractivity contribution >= 4 is 12.1 Å². The Hall–Kier alpha value is -2.37. The maximum atomic E-state index is 12.2. The van der Waals surface area contributed by atoms with Crippen molar-refractivity contribution in [1.29, 1.82) is 0 Å². The highest BCUT2D eigenvalue weighted by Gasteiger charge is 2.36. The van der Waals surface area contributed by atoms with E-state index in [0.29, 0.717) is 13.0 Å². The van der Waals surface area contributed by atoms with Gasteiger partial charge in [-0.1, -0.05) is 12.1 Å². The summed E-state index contributed by atoms with van der Waals surface area (Å²) in [4.78, 5) is 29.3. The summed E-state index contributed by atoms with van der Waals surface area (Å²) >= 11 is 0. The molecular formula is C18H24N2O4. The van der Waals surface area contributed by atoms with E-state index in [1.807, 2.05) is 26.8 Å². The van der Waals surface area contributed by atoms with E-state index in [4.69, 9.17) is 4.74 Å². The zero-order valence-corrected chi connectivity index (χ0v) is 14.6. The van der Waals surface area contributed by atoms with E-state index < -0.39 is 5.60 Å². The van der Waals surface area contributed by atoms with Gasteiger partial charge in [-0.3, -0.25) is 4.98 Å². The molecule has 2 heterocycles. The summed E-state index contributed by atoms with van der Waals surface area (Å²) in [5.41, 5.74) is 1.45. The third kappa shape index (κ3) is 4.81. The van der Waals surface area contributed by atoms with Crippen LogP contribution in [0.3, 0.4) is 0 Å². The summed E-state index contributed by atoms with van der Waals surface area (Å²) in [6, 6.07) is 2.01. The molecule has 1 aromatic rings. The van der Waals surface area contributed by atoms with Crippen LogP contribution in [0.2, 0.25) is 0 Å². The molecule has 0 bridgehead atoms. The number of rotatable bonds is 4. The molecule has 0 aromatic carbocycles. The predicted molar refractivity (Wildman–Crippen MR) is 89.4 cm³/mol. The summed E-state index contributed by atoms with van der Waals surface area (Å²) in [5, 5.41) is 0. The maximum absolute atomic E-state index is 12.2. The molecule has 1 atom stereocenters. The lowest BCUT2D eigenvalue weighted by Crippen LogP contribution is -2.47. The van der Waals surface area contributed by atoms with Crippen LogP contribution < -0.4 is 0 Å².